The Morgan fingerprint density at radius 1 is 0.971 bits per heavy atom. The Morgan fingerprint density at radius 2 is 1.74 bits per heavy atom. The molecular weight excluding hydrogens is 462 g/mol. The maximum Gasteiger partial charge on any atom is 0.257 e. The molecule has 1 aromatic heterocycles. The fraction of sp³-hybridized carbons (Fsp3) is 0.154. The first-order chi connectivity index (χ1) is 16.9. The minimum absolute atomic E-state index is 0.114. The van der Waals surface area contributed by atoms with Crippen molar-refractivity contribution in [3.05, 3.63) is 83.9 Å². The molecule has 4 rings (SSSR count). The average Bonchev–Trinajstić information content (AvgIpc) is 3.23. The first-order valence-corrected chi connectivity index (χ1v) is 11.9. The molecule has 1 heterocycles. The fourth-order valence-electron chi connectivity index (χ4n) is 3.46. The van der Waals surface area contributed by atoms with Gasteiger partial charge in [-0.05, 0) is 61.0 Å². The molecule has 0 fully saturated rings. The topological polar surface area (TPSA) is 98.1 Å². The van der Waals surface area contributed by atoms with E-state index >= 15 is 0 Å². The number of nitrogens with zero attached hydrogens (tertiary/aromatic N) is 3. The third kappa shape index (κ3) is 5.88. The summed E-state index contributed by atoms with van der Waals surface area (Å²) < 4.78 is 7.03. The van der Waals surface area contributed by atoms with Crippen molar-refractivity contribution in [1.29, 1.82) is 0 Å². The van der Waals surface area contributed by atoms with Crippen LogP contribution in [0, 0.1) is 6.92 Å². The molecule has 0 bridgehead atoms. The molecule has 9 heteroatoms. The third-order valence-electron chi connectivity index (χ3n) is 5.24. The lowest BCUT2D eigenvalue weighted by molar-refractivity contribution is -0.113. The normalized spacial score (nSPS) is 10.6. The number of methoxy groups -OCH3 is 1. The van der Waals surface area contributed by atoms with Crippen LogP contribution < -0.4 is 15.4 Å². The zero-order valence-electron chi connectivity index (χ0n) is 19.6. The smallest absolute Gasteiger partial charge is 0.257 e. The van der Waals surface area contributed by atoms with E-state index < -0.39 is 0 Å². The van der Waals surface area contributed by atoms with Crippen molar-refractivity contribution in [3.8, 4) is 17.1 Å². The summed E-state index contributed by atoms with van der Waals surface area (Å²) in [6.07, 6.45) is 0. The lowest BCUT2D eigenvalue weighted by Crippen LogP contribution is -2.19. The van der Waals surface area contributed by atoms with Crippen LogP contribution in [-0.2, 0) is 11.8 Å². The van der Waals surface area contributed by atoms with Gasteiger partial charge in [0.2, 0.25) is 5.91 Å². The summed E-state index contributed by atoms with van der Waals surface area (Å²) in [5.41, 5.74) is 3.46. The minimum Gasteiger partial charge on any atom is -0.497 e. The van der Waals surface area contributed by atoms with Crippen molar-refractivity contribution in [2.75, 3.05) is 23.5 Å². The fourth-order valence-corrected chi connectivity index (χ4v) is 4.17. The van der Waals surface area contributed by atoms with Crippen LogP contribution in [0.3, 0.4) is 0 Å². The highest BCUT2D eigenvalue weighted by Gasteiger charge is 2.16. The predicted octanol–water partition coefficient (Wildman–Crippen LogP) is 4.78. The van der Waals surface area contributed by atoms with Gasteiger partial charge in [-0.2, -0.15) is 0 Å². The van der Waals surface area contributed by atoms with E-state index in [1.807, 2.05) is 67.1 Å². The van der Waals surface area contributed by atoms with Crippen LogP contribution >= 0.6 is 11.8 Å². The number of rotatable bonds is 8. The van der Waals surface area contributed by atoms with E-state index in [0.29, 0.717) is 27.9 Å². The quantitative estimate of drug-likeness (QED) is 0.347. The van der Waals surface area contributed by atoms with Crippen LogP contribution in [0.5, 0.6) is 5.75 Å². The van der Waals surface area contributed by atoms with Crippen LogP contribution in [0.2, 0.25) is 0 Å². The molecule has 0 aliphatic rings. The Bertz CT molecular complexity index is 1350. The number of thioether (sulfide) groups is 1. The summed E-state index contributed by atoms with van der Waals surface area (Å²) in [5.74, 6) is 1.02. The standard InChI is InChI=1S/C26H25N5O3S/c1-17-7-6-8-19(15-17)27-25(33)21-9-4-5-10-22(21)28-23(32)16-35-26-30-29-24(31(26)2)18-11-13-20(34-3)14-12-18/h4-15H,16H2,1-3H3,(H,27,33)(H,28,32). The molecule has 3 aromatic carbocycles. The molecule has 178 valence electrons. The highest BCUT2D eigenvalue weighted by Crippen LogP contribution is 2.25. The van der Waals surface area contributed by atoms with Gasteiger partial charge >= 0.3 is 0 Å². The number of nitrogens with one attached hydrogen (secondary N) is 2. The maximum atomic E-state index is 12.8. The number of anilines is 2. The summed E-state index contributed by atoms with van der Waals surface area (Å²) in [6, 6.07) is 22.0. The molecule has 0 aliphatic carbocycles. The van der Waals surface area contributed by atoms with Crippen molar-refractivity contribution in [2.45, 2.75) is 12.1 Å². The monoisotopic (exact) mass is 487 g/mol. The van der Waals surface area contributed by atoms with Crippen LogP contribution in [0.25, 0.3) is 11.4 Å². The number of aryl methyl sites for hydroxylation is 1. The van der Waals surface area contributed by atoms with E-state index in [1.54, 1.807) is 31.4 Å². The van der Waals surface area contributed by atoms with Crippen LogP contribution in [-0.4, -0.2) is 39.4 Å². The molecular formula is C26H25N5O3S. The van der Waals surface area contributed by atoms with E-state index in [4.69, 9.17) is 4.74 Å². The van der Waals surface area contributed by atoms with Crippen molar-refractivity contribution in [3.63, 3.8) is 0 Å². The van der Waals surface area contributed by atoms with Crippen LogP contribution in [0.4, 0.5) is 11.4 Å². The molecule has 2 N–H and O–H groups in total. The molecule has 35 heavy (non-hydrogen) atoms. The van der Waals surface area contributed by atoms with Gasteiger partial charge in [-0.25, -0.2) is 0 Å². The van der Waals surface area contributed by atoms with Crippen LogP contribution in [0.15, 0.2) is 78.0 Å². The average molecular weight is 488 g/mol. The van der Waals surface area contributed by atoms with E-state index in [2.05, 4.69) is 20.8 Å². The zero-order chi connectivity index (χ0) is 24.8. The second-order valence-electron chi connectivity index (χ2n) is 7.80. The third-order valence-corrected chi connectivity index (χ3v) is 6.26. The van der Waals surface area contributed by atoms with E-state index in [-0.39, 0.29) is 17.6 Å². The molecule has 0 saturated heterocycles. The number of aromatic nitrogens is 3. The Balaban J connectivity index is 1.40. The van der Waals surface area contributed by atoms with Gasteiger partial charge in [0.15, 0.2) is 11.0 Å². The summed E-state index contributed by atoms with van der Waals surface area (Å²) >= 11 is 1.27. The zero-order valence-corrected chi connectivity index (χ0v) is 20.4. The summed E-state index contributed by atoms with van der Waals surface area (Å²) in [6.45, 7) is 1.96. The lowest BCUT2D eigenvalue weighted by atomic mass is 10.1. The van der Waals surface area contributed by atoms with E-state index in [1.165, 1.54) is 11.8 Å². The van der Waals surface area contributed by atoms with Gasteiger partial charge < -0.3 is 19.9 Å². The van der Waals surface area contributed by atoms with Crippen molar-refractivity contribution < 1.29 is 14.3 Å². The van der Waals surface area contributed by atoms with E-state index in [0.717, 1.165) is 16.9 Å². The van der Waals surface area contributed by atoms with Gasteiger partial charge in [0, 0.05) is 18.3 Å². The second-order valence-corrected chi connectivity index (χ2v) is 8.74. The number of hydrogen-bond acceptors (Lipinski definition) is 6. The molecule has 0 aliphatic heterocycles. The number of para-hydroxylation sites is 1. The Hall–Kier alpha value is -4.11. The van der Waals surface area contributed by atoms with Crippen LogP contribution in [0.1, 0.15) is 15.9 Å². The molecule has 0 unspecified atom stereocenters. The molecule has 0 radical (unpaired) electrons. The number of hydrogen-bond donors (Lipinski definition) is 2. The van der Waals surface area contributed by atoms with Gasteiger partial charge in [-0.15, -0.1) is 10.2 Å². The first kappa shape index (κ1) is 24.0. The number of amides is 2. The van der Waals surface area contributed by atoms with Gasteiger partial charge in [0.05, 0.1) is 24.1 Å². The Kier molecular flexibility index (Phi) is 7.47. The van der Waals surface area contributed by atoms with Crippen molar-refractivity contribution >= 4 is 35.0 Å². The van der Waals surface area contributed by atoms with Crippen molar-refractivity contribution in [1.82, 2.24) is 14.8 Å². The molecule has 0 saturated carbocycles. The largest absolute Gasteiger partial charge is 0.497 e. The second kappa shape index (κ2) is 10.9. The number of carbonyl (C=O) groups excluding carboxylic acids is 2. The SMILES string of the molecule is COc1ccc(-c2nnc(SCC(=O)Nc3ccccc3C(=O)Nc3cccc(C)c3)n2C)cc1. The van der Waals surface area contributed by atoms with Gasteiger partial charge in [-0.1, -0.05) is 36.0 Å². The van der Waals surface area contributed by atoms with Gasteiger partial charge in [-0.3, -0.25) is 9.59 Å². The summed E-state index contributed by atoms with van der Waals surface area (Å²) in [7, 11) is 3.47. The molecule has 8 nitrogen and oxygen atoms in total. The maximum absolute atomic E-state index is 12.8. The summed E-state index contributed by atoms with van der Waals surface area (Å²) in [5, 5.41) is 14.8. The molecule has 0 atom stereocenters. The molecule has 2 amide bonds. The molecule has 4 aromatic rings. The number of benzene rings is 3. The lowest BCUT2D eigenvalue weighted by Gasteiger charge is -2.12. The highest BCUT2D eigenvalue weighted by molar-refractivity contribution is 7.99. The Morgan fingerprint density at radius 3 is 2.49 bits per heavy atom. The van der Waals surface area contributed by atoms with Gasteiger partial charge in [0.1, 0.15) is 5.75 Å². The Labute approximate surface area is 207 Å². The first-order valence-electron chi connectivity index (χ1n) is 10.9. The minimum atomic E-state index is -0.295. The predicted molar refractivity (Wildman–Crippen MR) is 138 cm³/mol. The number of ether oxygens (including phenoxy) is 1. The van der Waals surface area contributed by atoms with E-state index in [9.17, 15) is 9.59 Å². The highest BCUT2D eigenvalue weighted by atomic mass is 32.2. The summed E-state index contributed by atoms with van der Waals surface area (Å²) in [4.78, 5) is 25.5. The van der Waals surface area contributed by atoms with Crippen molar-refractivity contribution in [2.24, 2.45) is 7.05 Å². The molecule has 0 spiro atoms. The number of carbonyl (C=O) groups is 2. The van der Waals surface area contributed by atoms with Gasteiger partial charge in [0.25, 0.3) is 5.91 Å².